The predicted octanol–water partition coefficient (Wildman–Crippen LogP) is 3.52. The number of rotatable bonds is 6. The molecule has 9 nitrogen and oxygen atoms in total. The third-order valence-corrected chi connectivity index (χ3v) is 6.73. The predicted molar refractivity (Wildman–Crippen MR) is 128 cm³/mol. The molecule has 0 spiro atoms. The second-order valence-corrected chi connectivity index (χ2v) is 10.0. The van der Waals surface area contributed by atoms with Crippen molar-refractivity contribution in [2.45, 2.75) is 64.3 Å². The number of alkyl halides is 3. The lowest BCUT2D eigenvalue weighted by atomic mass is 9.91. The van der Waals surface area contributed by atoms with Crippen LogP contribution in [0.3, 0.4) is 0 Å². The van der Waals surface area contributed by atoms with E-state index in [9.17, 15) is 22.8 Å². The molecule has 196 valence electrons. The molecule has 1 aromatic rings. The number of hydrogen-bond acceptors (Lipinski definition) is 7. The molecule has 2 amide bonds. The van der Waals surface area contributed by atoms with E-state index in [1.165, 1.54) is 13.2 Å². The lowest BCUT2D eigenvalue weighted by Crippen LogP contribution is -2.43. The Labute approximate surface area is 207 Å². The number of fused-ring (bicyclic) bond motifs is 1. The Morgan fingerprint density at radius 1 is 1.28 bits per heavy atom. The summed E-state index contributed by atoms with van der Waals surface area (Å²) >= 11 is 0. The number of halogens is 3. The molecule has 1 saturated carbocycles. The van der Waals surface area contributed by atoms with Crippen molar-refractivity contribution in [2.75, 3.05) is 35.7 Å². The monoisotopic (exact) mass is 508 g/mol. The summed E-state index contributed by atoms with van der Waals surface area (Å²) in [5.74, 6) is 0.0461. The Bertz CT molecular complexity index is 1080. The Kier molecular flexibility index (Phi) is 7.26. The third-order valence-electron chi connectivity index (χ3n) is 6.73. The van der Waals surface area contributed by atoms with Crippen LogP contribution in [0.1, 0.15) is 46.0 Å². The Balaban J connectivity index is 1.57. The molecular weight excluding hydrogens is 477 g/mol. The van der Waals surface area contributed by atoms with Crippen molar-refractivity contribution in [1.29, 1.82) is 0 Å². The fraction of sp³-hybridized carbons (Fsp3) is 0.583. The molecule has 2 heterocycles. The molecule has 1 aromatic heterocycles. The van der Waals surface area contributed by atoms with E-state index >= 15 is 0 Å². The number of ether oxygens (including phenoxy) is 1. The zero-order valence-electron chi connectivity index (χ0n) is 20.5. The Morgan fingerprint density at radius 2 is 2.00 bits per heavy atom. The first-order chi connectivity index (χ1) is 17.0. The molecule has 1 aliphatic heterocycles. The van der Waals surface area contributed by atoms with Crippen LogP contribution >= 0.6 is 0 Å². The lowest BCUT2D eigenvalue weighted by molar-refractivity contribution is -0.136. The highest BCUT2D eigenvalue weighted by atomic mass is 19.4. The van der Waals surface area contributed by atoms with E-state index in [1.807, 2.05) is 19.2 Å². The zero-order chi connectivity index (χ0) is 26.1. The summed E-state index contributed by atoms with van der Waals surface area (Å²) < 4.78 is 42.8. The summed E-state index contributed by atoms with van der Waals surface area (Å²) in [5, 5.41) is 7.96. The van der Waals surface area contributed by atoms with Crippen LogP contribution in [0, 0.1) is 5.41 Å². The molecule has 1 unspecified atom stereocenters. The van der Waals surface area contributed by atoms with E-state index in [1.54, 1.807) is 12.3 Å². The van der Waals surface area contributed by atoms with Gasteiger partial charge in [-0.15, -0.1) is 0 Å². The van der Waals surface area contributed by atoms with Crippen molar-refractivity contribution in [3.8, 4) is 0 Å². The molecule has 0 saturated heterocycles. The minimum Gasteiger partial charge on any atom is -0.375 e. The number of aromatic nitrogens is 2. The van der Waals surface area contributed by atoms with Gasteiger partial charge in [0, 0.05) is 37.4 Å². The van der Waals surface area contributed by atoms with Crippen LogP contribution in [0.25, 0.3) is 0 Å². The first-order valence-electron chi connectivity index (χ1n) is 12.0. The van der Waals surface area contributed by atoms with Crippen molar-refractivity contribution < 1.29 is 27.5 Å². The molecule has 12 heteroatoms. The standard InChI is InChI=1S/C24H31F3N6O3/c1-23(2)13-33(15-6-4-5-7-15)19-17(30-21(23)35)11-28-22(32-19)31-16-9-8-14(10-18(16)36-3)20(34)29-12-24(25,26)27/h8-9,11,15,18H,4-7,10,12-13H2,1-3H3,(H,29,34)(H,30,35)(H,28,31,32). The highest BCUT2D eigenvalue weighted by molar-refractivity contribution is 5.99. The van der Waals surface area contributed by atoms with E-state index < -0.39 is 30.1 Å². The quantitative estimate of drug-likeness (QED) is 0.540. The number of allylic oxidation sites excluding steroid dienone is 2. The molecule has 0 aromatic carbocycles. The summed E-state index contributed by atoms with van der Waals surface area (Å²) in [6.07, 6.45) is 3.91. The van der Waals surface area contributed by atoms with Crippen molar-refractivity contribution in [3.05, 3.63) is 29.6 Å². The minimum atomic E-state index is -4.49. The van der Waals surface area contributed by atoms with Gasteiger partial charge < -0.3 is 25.6 Å². The number of anilines is 3. The van der Waals surface area contributed by atoms with Gasteiger partial charge in [0.1, 0.15) is 18.3 Å². The maximum atomic E-state index is 12.8. The maximum absolute atomic E-state index is 12.8. The van der Waals surface area contributed by atoms with Crippen LogP contribution in [-0.2, 0) is 14.3 Å². The van der Waals surface area contributed by atoms with Gasteiger partial charge in [0.25, 0.3) is 0 Å². The van der Waals surface area contributed by atoms with Crippen LogP contribution in [0.5, 0.6) is 0 Å². The third kappa shape index (κ3) is 5.80. The fourth-order valence-electron chi connectivity index (χ4n) is 4.72. The second-order valence-electron chi connectivity index (χ2n) is 10.0. The lowest BCUT2D eigenvalue weighted by Gasteiger charge is -2.34. The zero-order valence-corrected chi connectivity index (χ0v) is 20.5. The summed E-state index contributed by atoms with van der Waals surface area (Å²) in [6.45, 7) is 2.94. The first kappa shape index (κ1) is 25.9. The fourth-order valence-corrected chi connectivity index (χ4v) is 4.72. The second kappa shape index (κ2) is 10.1. The number of hydrogen-bond donors (Lipinski definition) is 3. The normalized spacial score (nSPS) is 22.2. The van der Waals surface area contributed by atoms with Gasteiger partial charge in [-0.05, 0) is 32.8 Å². The number of methoxy groups -OCH3 is 1. The van der Waals surface area contributed by atoms with Gasteiger partial charge in [0.05, 0.1) is 11.6 Å². The van der Waals surface area contributed by atoms with Gasteiger partial charge in [-0.2, -0.15) is 18.2 Å². The van der Waals surface area contributed by atoms with Gasteiger partial charge in [0.15, 0.2) is 5.82 Å². The number of amides is 2. The number of carbonyl (C=O) groups excluding carboxylic acids is 2. The number of nitrogens with zero attached hydrogens (tertiary/aromatic N) is 3. The summed E-state index contributed by atoms with van der Waals surface area (Å²) in [7, 11) is 1.45. The van der Waals surface area contributed by atoms with Gasteiger partial charge >= 0.3 is 6.18 Å². The number of nitrogens with one attached hydrogen (secondary N) is 3. The Morgan fingerprint density at radius 3 is 2.67 bits per heavy atom. The van der Waals surface area contributed by atoms with Crippen LogP contribution in [0.15, 0.2) is 29.6 Å². The first-order valence-corrected chi connectivity index (χ1v) is 12.0. The largest absolute Gasteiger partial charge is 0.405 e. The molecule has 4 rings (SSSR count). The van der Waals surface area contributed by atoms with Crippen molar-refractivity contribution in [1.82, 2.24) is 15.3 Å². The van der Waals surface area contributed by atoms with E-state index in [-0.39, 0.29) is 29.9 Å². The highest BCUT2D eigenvalue weighted by Gasteiger charge is 2.39. The van der Waals surface area contributed by atoms with Gasteiger partial charge in [-0.25, -0.2) is 4.98 Å². The molecule has 0 radical (unpaired) electrons. The van der Waals surface area contributed by atoms with E-state index in [0.717, 1.165) is 25.7 Å². The van der Waals surface area contributed by atoms with Gasteiger partial charge in [-0.3, -0.25) is 9.59 Å². The average molecular weight is 509 g/mol. The van der Waals surface area contributed by atoms with Crippen LogP contribution in [-0.4, -0.2) is 60.3 Å². The Hall–Kier alpha value is -3.15. The van der Waals surface area contributed by atoms with Crippen molar-refractivity contribution >= 4 is 29.3 Å². The molecule has 0 bridgehead atoms. The van der Waals surface area contributed by atoms with Gasteiger partial charge in [-0.1, -0.05) is 18.9 Å². The van der Waals surface area contributed by atoms with E-state index in [4.69, 9.17) is 9.72 Å². The van der Waals surface area contributed by atoms with E-state index in [2.05, 4.69) is 20.5 Å². The molecule has 3 aliphatic rings. The minimum absolute atomic E-state index is 0.0857. The molecule has 2 aliphatic carbocycles. The number of carbonyl (C=O) groups is 2. The average Bonchev–Trinajstić information content (AvgIpc) is 3.33. The topological polar surface area (TPSA) is 108 Å². The van der Waals surface area contributed by atoms with Crippen molar-refractivity contribution in [2.24, 2.45) is 5.41 Å². The molecular formula is C24H31F3N6O3. The van der Waals surface area contributed by atoms with Crippen LogP contribution in [0.2, 0.25) is 0 Å². The van der Waals surface area contributed by atoms with Crippen LogP contribution in [0.4, 0.5) is 30.6 Å². The molecule has 36 heavy (non-hydrogen) atoms. The van der Waals surface area contributed by atoms with Crippen molar-refractivity contribution in [3.63, 3.8) is 0 Å². The van der Waals surface area contributed by atoms with Crippen LogP contribution < -0.4 is 20.9 Å². The SMILES string of the molecule is COC1CC(C(=O)NCC(F)(F)F)=CC=C1Nc1ncc2c(n1)N(C1CCCC1)CC(C)(C)C(=O)N2. The molecule has 1 atom stereocenters. The molecule has 1 fully saturated rings. The maximum Gasteiger partial charge on any atom is 0.405 e. The van der Waals surface area contributed by atoms with E-state index in [0.29, 0.717) is 23.7 Å². The summed E-state index contributed by atoms with van der Waals surface area (Å²) in [5.41, 5.74) is 0.678. The highest BCUT2D eigenvalue weighted by Crippen LogP contribution is 2.38. The van der Waals surface area contributed by atoms with Gasteiger partial charge in [0.2, 0.25) is 17.8 Å². The smallest absolute Gasteiger partial charge is 0.375 e. The molecule has 3 N–H and O–H groups in total. The summed E-state index contributed by atoms with van der Waals surface area (Å²) in [6, 6.07) is 0.278. The summed E-state index contributed by atoms with van der Waals surface area (Å²) in [4.78, 5) is 36.2.